The van der Waals surface area contributed by atoms with Crippen LogP contribution in [-0.4, -0.2) is 45.5 Å². The molecule has 1 aliphatic carbocycles. The zero-order valence-electron chi connectivity index (χ0n) is 11.7. The predicted octanol–water partition coefficient (Wildman–Crippen LogP) is 0.0476. The molecule has 0 radical (unpaired) electrons. The van der Waals surface area contributed by atoms with E-state index in [-0.39, 0.29) is 24.3 Å². The van der Waals surface area contributed by atoms with Crippen LogP contribution in [0.1, 0.15) is 31.5 Å². The summed E-state index contributed by atoms with van der Waals surface area (Å²) < 4.78 is 4.90. The smallest absolute Gasteiger partial charge is 0.248 e. The summed E-state index contributed by atoms with van der Waals surface area (Å²) in [5.41, 5.74) is -0.734. The van der Waals surface area contributed by atoms with Gasteiger partial charge in [-0.3, -0.25) is 9.59 Å². The van der Waals surface area contributed by atoms with Gasteiger partial charge in [-0.15, -0.1) is 0 Å². The van der Waals surface area contributed by atoms with Gasteiger partial charge in [-0.05, 0) is 25.7 Å². The summed E-state index contributed by atoms with van der Waals surface area (Å²) in [5, 5.41) is 6.66. The van der Waals surface area contributed by atoms with E-state index in [4.69, 9.17) is 4.52 Å². The molecular formula is C13H18N4O3. The Morgan fingerprint density at radius 2 is 2.20 bits per heavy atom. The molecule has 1 N–H and O–H groups in total. The van der Waals surface area contributed by atoms with Crippen molar-refractivity contribution < 1.29 is 14.1 Å². The maximum absolute atomic E-state index is 12.5. The highest BCUT2D eigenvalue weighted by Gasteiger charge is 2.52. The van der Waals surface area contributed by atoms with Crippen LogP contribution in [0.5, 0.6) is 0 Å². The molecule has 1 aromatic heterocycles. The third-order valence-electron chi connectivity index (χ3n) is 4.03. The summed E-state index contributed by atoms with van der Waals surface area (Å²) in [6.45, 7) is 4.10. The predicted molar refractivity (Wildman–Crippen MR) is 68.6 cm³/mol. The van der Waals surface area contributed by atoms with Gasteiger partial charge in [0.1, 0.15) is 5.54 Å². The lowest BCUT2D eigenvalue weighted by Gasteiger charge is -2.40. The maximum atomic E-state index is 12.5. The van der Waals surface area contributed by atoms with Crippen molar-refractivity contribution in [1.29, 1.82) is 0 Å². The third kappa shape index (κ3) is 2.28. The van der Waals surface area contributed by atoms with Crippen LogP contribution in [0.15, 0.2) is 4.52 Å². The summed E-state index contributed by atoms with van der Waals surface area (Å²) in [6, 6.07) is 0. The fourth-order valence-electron chi connectivity index (χ4n) is 2.75. The van der Waals surface area contributed by atoms with E-state index in [0.29, 0.717) is 24.7 Å². The van der Waals surface area contributed by atoms with Crippen molar-refractivity contribution in [3.63, 3.8) is 0 Å². The molecule has 1 aliphatic heterocycles. The third-order valence-corrected chi connectivity index (χ3v) is 4.03. The lowest BCUT2D eigenvalue weighted by Crippen LogP contribution is -2.66. The zero-order valence-corrected chi connectivity index (χ0v) is 11.7. The molecule has 2 fully saturated rings. The van der Waals surface area contributed by atoms with E-state index >= 15 is 0 Å². The number of carbonyl (C=O) groups excluding carboxylic acids is 2. The number of nitrogens with one attached hydrogen (secondary N) is 1. The van der Waals surface area contributed by atoms with Gasteiger partial charge >= 0.3 is 0 Å². The molecule has 2 amide bonds. The molecule has 0 spiro atoms. The van der Waals surface area contributed by atoms with Gasteiger partial charge in [-0.1, -0.05) is 5.16 Å². The van der Waals surface area contributed by atoms with Crippen molar-refractivity contribution in [2.24, 2.45) is 5.92 Å². The lowest BCUT2D eigenvalue weighted by atomic mass is 9.91. The van der Waals surface area contributed by atoms with Crippen molar-refractivity contribution in [3.05, 3.63) is 11.7 Å². The average Bonchev–Trinajstić information content (AvgIpc) is 3.17. The molecule has 1 saturated heterocycles. The minimum atomic E-state index is -0.734. The Morgan fingerprint density at radius 1 is 1.45 bits per heavy atom. The zero-order chi connectivity index (χ0) is 14.3. The Labute approximate surface area is 116 Å². The minimum absolute atomic E-state index is 0.000170. The first-order chi connectivity index (χ1) is 9.49. The minimum Gasteiger partial charge on any atom is -0.340 e. The van der Waals surface area contributed by atoms with Gasteiger partial charge in [-0.2, -0.15) is 4.98 Å². The first-order valence-corrected chi connectivity index (χ1v) is 6.88. The van der Waals surface area contributed by atoms with Crippen LogP contribution in [0.3, 0.4) is 0 Å². The van der Waals surface area contributed by atoms with Gasteiger partial charge in [0.15, 0.2) is 5.82 Å². The standard InChI is InChI=1S/C13H18N4O3/c1-8-14-10(16-20-8)5-6-17-7-11(18)15-13(2,12(17)19)9-3-4-9/h9H,3-7H2,1-2H3,(H,15,18). The van der Waals surface area contributed by atoms with E-state index in [1.165, 1.54) is 0 Å². The Bertz CT molecular complexity index is 552. The van der Waals surface area contributed by atoms with E-state index in [2.05, 4.69) is 15.5 Å². The molecule has 3 rings (SSSR count). The summed E-state index contributed by atoms with van der Waals surface area (Å²) in [4.78, 5) is 30.1. The number of aryl methyl sites for hydroxylation is 1. The van der Waals surface area contributed by atoms with Crippen LogP contribution in [0.2, 0.25) is 0 Å². The van der Waals surface area contributed by atoms with Crippen molar-refractivity contribution >= 4 is 11.8 Å². The number of amides is 2. The Balaban J connectivity index is 1.68. The van der Waals surface area contributed by atoms with Crippen LogP contribution in [0, 0.1) is 12.8 Å². The molecule has 0 aromatic carbocycles. The summed E-state index contributed by atoms with van der Waals surface area (Å²) in [6.07, 6.45) is 2.50. The molecule has 108 valence electrons. The number of hydrogen-bond acceptors (Lipinski definition) is 5. The molecule has 20 heavy (non-hydrogen) atoms. The Kier molecular flexibility index (Phi) is 2.99. The van der Waals surface area contributed by atoms with Crippen LogP contribution >= 0.6 is 0 Å². The van der Waals surface area contributed by atoms with Crippen molar-refractivity contribution in [2.75, 3.05) is 13.1 Å². The number of piperazine rings is 1. The molecule has 1 unspecified atom stereocenters. The molecule has 7 heteroatoms. The van der Waals surface area contributed by atoms with Crippen LogP contribution < -0.4 is 5.32 Å². The van der Waals surface area contributed by atoms with E-state index in [9.17, 15) is 9.59 Å². The van der Waals surface area contributed by atoms with Gasteiger partial charge in [0.05, 0.1) is 6.54 Å². The summed E-state index contributed by atoms with van der Waals surface area (Å²) >= 11 is 0. The first-order valence-electron chi connectivity index (χ1n) is 6.88. The SMILES string of the molecule is Cc1nc(CCN2CC(=O)NC(C)(C3CC3)C2=O)no1. The fourth-order valence-corrected chi connectivity index (χ4v) is 2.75. The van der Waals surface area contributed by atoms with Gasteiger partial charge < -0.3 is 14.7 Å². The van der Waals surface area contributed by atoms with Crippen molar-refractivity contribution in [2.45, 2.75) is 38.6 Å². The van der Waals surface area contributed by atoms with E-state index in [1.54, 1.807) is 11.8 Å². The van der Waals surface area contributed by atoms with Gasteiger partial charge in [0.2, 0.25) is 17.7 Å². The number of aromatic nitrogens is 2. The van der Waals surface area contributed by atoms with Crippen LogP contribution in [0.4, 0.5) is 0 Å². The van der Waals surface area contributed by atoms with Crippen LogP contribution in [0.25, 0.3) is 0 Å². The van der Waals surface area contributed by atoms with E-state index in [0.717, 1.165) is 12.8 Å². The van der Waals surface area contributed by atoms with Crippen LogP contribution in [-0.2, 0) is 16.0 Å². The lowest BCUT2D eigenvalue weighted by molar-refractivity contribution is -0.150. The maximum Gasteiger partial charge on any atom is 0.248 e. The molecule has 1 atom stereocenters. The quantitative estimate of drug-likeness (QED) is 0.840. The molecule has 1 saturated carbocycles. The number of hydrogen-bond donors (Lipinski definition) is 1. The summed E-state index contributed by atoms with van der Waals surface area (Å²) in [5.74, 6) is 1.25. The normalized spacial score (nSPS) is 26.8. The number of carbonyl (C=O) groups is 2. The highest BCUT2D eigenvalue weighted by atomic mass is 16.5. The molecule has 1 aromatic rings. The second-order valence-corrected chi connectivity index (χ2v) is 5.73. The largest absolute Gasteiger partial charge is 0.340 e. The highest BCUT2D eigenvalue weighted by molar-refractivity contribution is 5.98. The first kappa shape index (κ1) is 13.1. The highest BCUT2D eigenvalue weighted by Crippen LogP contribution is 2.41. The molecule has 7 nitrogen and oxygen atoms in total. The van der Waals surface area contributed by atoms with Gasteiger partial charge in [0.25, 0.3) is 0 Å². The molecule has 2 heterocycles. The molecule has 0 bridgehead atoms. The second kappa shape index (κ2) is 4.57. The fraction of sp³-hybridized carbons (Fsp3) is 0.692. The Hall–Kier alpha value is -1.92. The number of nitrogens with zero attached hydrogens (tertiary/aromatic N) is 3. The monoisotopic (exact) mass is 278 g/mol. The average molecular weight is 278 g/mol. The topological polar surface area (TPSA) is 88.3 Å². The van der Waals surface area contributed by atoms with E-state index < -0.39 is 5.54 Å². The Morgan fingerprint density at radius 3 is 2.80 bits per heavy atom. The molecular weight excluding hydrogens is 260 g/mol. The number of rotatable bonds is 4. The van der Waals surface area contributed by atoms with E-state index in [1.807, 2.05) is 6.92 Å². The van der Waals surface area contributed by atoms with Crippen molar-refractivity contribution in [1.82, 2.24) is 20.4 Å². The van der Waals surface area contributed by atoms with Crippen molar-refractivity contribution in [3.8, 4) is 0 Å². The second-order valence-electron chi connectivity index (χ2n) is 5.73. The molecule has 2 aliphatic rings. The van der Waals surface area contributed by atoms with Gasteiger partial charge in [-0.25, -0.2) is 0 Å². The van der Waals surface area contributed by atoms with Gasteiger partial charge in [0, 0.05) is 19.9 Å². The summed E-state index contributed by atoms with van der Waals surface area (Å²) in [7, 11) is 0.